The van der Waals surface area contributed by atoms with Crippen LogP contribution in [0.15, 0.2) is 30.3 Å². The van der Waals surface area contributed by atoms with E-state index in [2.05, 4.69) is 25.6 Å². The first-order valence-electron chi connectivity index (χ1n) is 10.1. The van der Waals surface area contributed by atoms with Gasteiger partial charge in [0.2, 0.25) is 10.0 Å². The Morgan fingerprint density at radius 1 is 1.19 bits per heavy atom. The highest BCUT2D eigenvalue weighted by Gasteiger charge is 2.31. The van der Waals surface area contributed by atoms with Crippen LogP contribution in [0.1, 0.15) is 51.6 Å². The molecule has 0 bridgehead atoms. The standard InChI is InChI=1S/C22H25N5O3S/c1-22(2,3)31(28,29)26-20-11-10-18(24-25-20)21-17(13-23)16-9-8-15(30-4)12-19(16)27(21)14-6-5-7-14/h8-12,14H,5-7H2,1-4H3,(H,25,26). The molecule has 0 amide bonds. The van der Waals surface area contributed by atoms with Crippen LogP contribution < -0.4 is 9.46 Å². The number of methoxy groups -OCH3 is 1. The Labute approximate surface area is 181 Å². The number of benzene rings is 1. The first-order chi connectivity index (χ1) is 14.7. The molecule has 2 heterocycles. The summed E-state index contributed by atoms with van der Waals surface area (Å²) in [5, 5.41) is 19.2. The van der Waals surface area contributed by atoms with Crippen molar-refractivity contribution in [1.29, 1.82) is 5.26 Å². The number of nitriles is 1. The van der Waals surface area contributed by atoms with Crippen molar-refractivity contribution >= 4 is 26.7 Å². The molecule has 162 valence electrons. The number of nitrogens with zero attached hydrogens (tertiary/aromatic N) is 4. The summed E-state index contributed by atoms with van der Waals surface area (Å²) in [5.41, 5.74) is 2.68. The van der Waals surface area contributed by atoms with Gasteiger partial charge in [-0.2, -0.15) is 5.26 Å². The van der Waals surface area contributed by atoms with E-state index < -0.39 is 14.8 Å². The lowest BCUT2D eigenvalue weighted by Gasteiger charge is -2.30. The number of hydrogen-bond acceptors (Lipinski definition) is 6. The number of aromatic nitrogens is 3. The van der Waals surface area contributed by atoms with Crippen molar-refractivity contribution in [1.82, 2.24) is 14.8 Å². The topological polar surface area (TPSA) is 110 Å². The molecule has 0 atom stereocenters. The Balaban J connectivity index is 1.83. The zero-order valence-corrected chi connectivity index (χ0v) is 18.8. The van der Waals surface area contributed by atoms with Crippen molar-refractivity contribution in [2.75, 3.05) is 11.8 Å². The van der Waals surface area contributed by atoms with Gasteiger partial charge in [0.25, 0.3) is 0 Å². The van der Waals surface area contributed by atoms with Crippen molar-refractivity contribution < 1.29 is 13.2 Å². The van der Waals surface area contributed by atoms with Gasteiger partial charge < -0.3 is 9.30 Å². The molecular weight excluding hydrogens is 414 g/mol. The van der Waals surface area contributed by atoms with Gasteiger partial charge >= 0.3 is 0 Å². The molecule has 1 saturated carbocycles. The van der Waals surface area contributed by atoms with Crippen LogP contribution in [-0.4, -0.2) is 35.0 Å². The predicted octanol–water partition coefficient (Wildman–Crippen LogP) is 4.24. The third-order valence-electron chi connectivity index (χ3n) is 5.72. The fourth-order valence-electron chi connectivity index (χ4n) is 3.61. The van der Waals surface area contributed by atoms with E-state index in [0.717, 1.165) is 35.9 Å². The maximum atomic E-state index is 12.4. The fraction of sp³-hybridized carbons (Fsp3) is 0.409. The fourth-order valence-corrected chi connectivity index (χ4v) is 4.30. The molecule has 9 heteroatoms. The molecule has 0 unspecified atom stereocenters. The molecule has 4 rings (SSSR count). The van der Waals surface area contributed by atoms with E-state index in [9.17, 15) is 13.7 Å². The summed E-state index contributed by atoms with van der Waals surface area (Å²) >= 11 is 0. The molecule has 1 N–H and O–H groups in total. The first kappa shape index (κ1) is 21.1. The molecule has 1 aromatic carbocycles. The monoisotopic (exact) mass is 439 g/mol. The molecule has 1 aliphatic rings. The largest absolute Gasteiger partial charge is 0.497 e. The van der Waals surface area contributed by atoms with Crippen LogP contribution in [0.2, 0.25) is 0 Å². The lowest BCUT2D eigenvalue weighted by Crippen LogP contribution is -2.34. The molecule has 0 radical (unpaired) electrons. The quantitative estimate of drug-likeness (QED) is 0.637. The zero-order chi connectivity index (χ0) is 22.4. The molecule has 2 aromatic heterocycles. The lowest BCUT2D eigenvalue weighted by molar-refractivity contribution is 0.323. The molecule has 31 heavy (non-hydrogen) atoms. The van der Waals surface area contributed by atoms with Gasteiger partial charge in [0, 0.05) is 17.5 Å². The Hall–Kier alpha value is -3.12. The third-order valence-corrected chi connectivity index (χ3v) is 7.81. The summed E-state index contributed by atoms with van der Waals surface area (Å²) in [4.78, 5) is 0. The zero-order valence-electron chi connectivity index (χ0n) is 18.0. The first-order valence-corrected chi connectivity index (χ1v) is 11.6. The van der Waals surface area contributed by atoms with Crippen LogP contribution in [-0.2, 0) is 10.0 Å². The van der Waals surface area contributed by atoms with E-state index in [1.165, 1.54) is 0 Å². The van der Waals surface area contributed by atoms with Gasteiger partial charge in [0.15, 0.2) is 5.82 Å². The summed E-state index contributed by atoms with van der Waals surface area (Å²) in [6, 6.07) is 11.6. The number of hydrogen-bond donors (Lipinski definition) is 1. The van der Waals surface area contributed by atoms with E-state index in [-0.39, 0.29) is 11.9 Å². The minimum Gasteiger partial charge on any atom is -0.497 e. The number of rotatable bonds is 5. The number of fused-ring (bicyclic) bond motifs is 1. The van der Waals surface area contributed by atoms with Crippen LogP contribution in [0.3, 0.4) is 0 Å². The Morgan fingerprint density at radius 2 is 1.94 bits per heavy atom. The smallest absolute Gasteiger partial charge is 0.238 e. The summed E-state index contributed by atoms with van der Waals surface area (Å²) in [6.07, 6.45) is 3.18. The Bertz CT molecular complexity index is 1280. The minimum absolute atomic E-state index is 0.144. The third kappa shape index (κ3) is 3.61. The minimum atomic E-state index is -3.61. The predicted molar refractivity (Wildman–Crippen MR) is 119 cm³/mol. The summed E-state index contributed by atoms with van der Waals surface area (Å²) in [6.45, 7) is 4.84. The lowest BCUT2D eigenvalue weighted by atomic mass is 9.92. The second-order valence-electron chi connectivity index (χ2n) is 8.69. The van der Waals surface area contributed by atoms with Crippen molar-refractivity contribution in [3.63, 3.8) is 0 Å². The van der Waals surface area contributed by atoms with Gasteiger partial charge in [-0.15, -0.1) is 10.2 Å². The number of sulfonamides is 1. The number of ether oxygens (including phenoxy) is 1. The second-order valence-corrected chi connectivity index (χ2v) is 11.1. The Morgan fingerprint density at radius 3 is 2.45 bits per heavy atom. The van der Waals surface area contributed by atoms with Gasteiger partial charge in [-0.25, -0.2) is 8.42 Å². The average molecular weight is 440 g/mol. The van der Waals surface area contributed by atoms with E-state index >= 15 is 0 Å². The number of anilines is 1. The summed E-state index contributed by atoms with van der Waals surface area (Å²) in [7, 11) is -1.99. The highest BCUT2D eigenvalue weighted by molar-refractivity contribution is 7.94. The van der Waals surface area contributed by atoms with Crippen LogP contribution in [0.5, 0.6) is 5.75 Å². The van der Waals surface area contributed by atoms with Crippen LogP contribution in [0.25, 0.3) is 22.3 Å². The molecule has 0 saturated heterocycles. The normalized spacial score (nSPS) is 14.8. The van der Waals surface area contributed by atoms with Crippen molar-refractivity contribution in [3.8, 4) is 23.2 Å². The van der Waals surface area contributed by atoms with E-state index in [1.54, 1.807) is 40.0 Å². The van der Waals surface area contributed by atoms with Crippen LogP contribution in [0.4, 0.5) is 5.82 Å². The van der Waals surface area contributed by atoms with Crippen LogP contribution in [0, 0.1) is 11.3 Å². The van der Waals surface area contributed by atoms with E-state index in [1.807, 2.05) is 18.2 Å². The Kier molecular flexibility index (Phi) is 5.13. The SMILES string of the molecule is COc1ccc2c(C#N)c(-c3ccc(NS(=O)(=O)C(C)(C)C)nn3)n(C3CCC3)c2c1. The summed E-state index contributed by atoms with van der Waals surface area (Å²) < 4.78 is 33.9. The van der Waals surface area contributed by atoms with Gasteiger partial charge in [-0.3, -0.25) is 4.72 Å². The summed E-state index contributed by atoms with van der Waals surface area (Å²) in [5.74, 6) is 0.866. The van der Waals surface area contributed by atoms with Crippen molar-refractivity contribution in [2.45, 2.75) is 50.8 Å². The van der Waals surface area contributed by atoms with Gasteiger partial charge in [0.05, 0.1) is 28.6 Å². The molecule has 3 aromatic rings. The van der Waals surface area contributed by atoms with Gasteiger partial charge in [0.1, 0.15) is 17.5 Å². The van der Waals surface area contributed by atoms with Crippen LogP contribution >= 0.6 is 0 Å². The molecular formula is C22H25N5O3S. The van der Waals surface area contributed by atoms with E-state index in [0.29, 0.717) is 17.0 Å². The van der Waals surface area contributed by atoms with Gasteiger partial charge in [-0.05, 0) is 64.3 Å². The van der Waals surface area contributed by atoms with Crippen molar-refractivity contribution in [3.05, 3.63) is 35.9 Å². The molecule has 1 fully saturated rings. The van der Waals surface area contributed by atoms with E-state index in [4.69, 9.17) is 4.74 Å². The van der Waals surface area contributed by atoms with Gasteiger partial charge in [-0.1, -0.05) is 0 Å². The number of nitrogens with one attached hydrogen (secondary N) is 1. The molecule has 1 aliphatic carbocycles. The molecule has 0 aliphatic heterocycles. The highest BCUT2D eigenvalue weighted by atomic mass is 32.2. The highest BCUT2D eigenvalue weighted by Crippen LogP contribution is 2.42. The molecule has 8 nitrogen and oxygen atoms in total. The maximum absolute atomic E-state index is 12.4. The maximum Gasteiger partial charge on any atom is 0.238 e. The second kappa shape index (κ2) is 7.54. The van der Waals surface area contributed by atoms with Crippen molar-refractivity contribution in [2.24, 2.45) is 0 Å². The average Bonchev–Trinajstić information content (AvgIpc) is 2.99. The molecule has 0 spiro atoms.